The molecular weight excluding hydrogens is 280 g/mol. The molecule has 0 aliphatic carbocycles. The van der Waals surface area contributed by atoms with Crippen LogP contribution in [0, 0.1) is 10.1 Å². The largest absolute Gasteiger partial charge is 0.487 e. The minimum atomic E-state index is -0.728. The predicted octanol–water partition coefficient (Wildman–Crippen LogP) is 1.23. The van der Waals surface area contributed by atoms with Crippen LogP contribution in [-0.4, -0.2) is 36.9 Å². The number of ether oxygens (including phenoxy) is 3. The molecule has 114 valence electrons. The fourth-order valence-corrected chi connectivity index (χ4v) is 1.90. The van der Waals surface area contributed by atoms with Gasteiger partial charge in [-0.05, 0) is 18.6 Å². The minimum absolute atomic E-state index is 0.0630. The van der Waals surface area contributed by atoms with Gasteiger partial charge < -0.3 is 19.9 Å². The lowest BCUT2D eigenvalue weighted by Gasteiger charge is -2.23. The zero-order chi connectivity index (χ0) is 15.2. The number of primary amides is 1. The summed E-state index contributed by atoms with van der Waals surface area (Å²) in [7, 11) is 0. The summed E-state index contributed by atoms with van der Waals surface area (Å²) in [5.74, 6) is -0.644. The molecule has 1 aromatic carbocycles. The van der Waals surface area contributed by atoms with Crippen LogP contribution < -0.4 is 10.5 Å². The number of nitrogens with zero attached hydrogens (tertiary/aromatic N) is 1. The molecule has 1 fully saturated rings. The summed E-state index contributed by atoms with van der Waals surface area (Å²) in [4.78, 5) is 21.4. The lowest BCUT2D eigenvalue weighted by molar-refractivity contribution is -0.385. The normalized spacial score (nSPS) is 15.6. The Hall–Kier alpha value is -2.19. The highest BCUT2D eigenvalue weighted by molar-refractivity contribution is 5.93. The molecular formula is C13H16N2O6. The predicted molar refractivity (Wildman–Crippen MR) is 72.0 cm³/mol. The zero-order valence-corrected chi connectivity index (χ0v) is 11.3. The van der Waals surface area contributed by atoms with E-state index in [1.807, 2.05) is 0 Å². The van der Waals surface area contributed by atoms with Gasteiger partial charge in [0.05, 0.1) is 24.7 Å². The SMILES string of the molecule is NC(=O)c1ccc(OCCC2OCCCO2)c([N+](=O)[O-])c1. The molecule has 21 heavy (non-hydrogen) atoms. The molecule has 0 unspecified atom stereocenters. The first-order chi connectivity index (χ1) is 10.1. The van der Waals surface area contributed by atoms with Gasteiger partial charge in [0.1, 0.15) is 0 Å². The Labute approximate surface area is 120 Å². The molecule has 0 atom stereocenters. The average Bonchev–Trinajstić information content (AvgIpc) is 2.48. The van der Waals surface area contributed by atoms with Gasteiger partial charge in [-0.3, -0.25) is 14.9 Å². The second-order valence-electron chi connectivity index (χ2n) is 4.47. The fourth-order valence-electron chi connectivity index (χ4n) is 1.90. The van der Waals surface area contributed by atoms with Crippen LogP contribution in [0.25, 0.3) is 0 Å². The number of benzene rings is 1. The summed E-state index contributed by atoms with van der Waals surface area (Å²) in [5.41, 5.74) is 4.86. The van der Waals surface area contributed by atoms with Crippen LogP contribution in [-0.2, 0) is 9.47 Å². The van der Waals surface area contributed by atoms with E-state index in [0.717, 1.165) is 12.5 Å². The summed E-state index contributed by atoms with van der Waals surface area (Å²) in [6.45, 7) is 1.48. The molecule has 2 rings (SSSR count). The maximum atomic E-state index is 11.0. The molecule has 0 saturated carbocycles. The van der Waals surface area contributed by atoms with Crippen molar-refractivity contribution in [2.24, 2.45) is 5.73 Å². The zero-order valence-electron chi connectivity index (χ0n) is 11.3. The molecule has 1 aromatic rings. The summed E-state index contributed by atoms with van der Waals surface area (Å²) in [6.07, 6.45) is 0.981. The first kappa shape index (κ1) is 15.2. The smallest absolute Gasteiger partial charge is 0.311 e. The molecule has 2 N–H and O–H groups in total. The Morgan fingerprint density at radius 1 is 1.43 bits per heavy atom. The van der Waals surface area contributed by atoms with Gasteiger partial charge in [-0.2, -0.15) is 0 Å². The molecule has 1 aliphatic heterocycles. The van der Waals surface area contributed by atoms with Crippen LogP contribution in [0.4, 0.5) is 5.69 Å². The van der Waals surface area contributed by atoms with Gasteiger partial charge in [-0.25, -0.2) is 0 Å². The molecule has 8 heteroatoms. The summed E-state index contributed by atoms with van der Waals surface area (Å²) in [6, 6.07) is 3.85. The second-order valence-corrected chi connectivity index (χ2v) is 4.47. The summed E-state index contributed by atoms with van der Waals surface area (Å²) < 4.78 is 16.1. The van der Waals surface area contributed by atoms with Crippen molar-refractivity contribution in [2.45, 2.75) is 19.1 Å². The Morgan fingerprint density at radius 2 is 2.14 bits per heavy atom. The van der Waals surface area contributed by atoms with E-state index in [0.29, 0.717) is 19.6 Å². The number of rotatable bonds is 6. The minimum Gasteiger partial charge on any atom is -0.487 e. The molecule has 0 spiro atoms. The van der Waals surface area contributed by atoms with Crippen molar-refractivity contribution < 1.29 is 23.9 Å². The number of carbonyl (C=O) groups is 1. The number of nitro groups is 1. The number of nitrogens with two attached hydrogens (primary N) is 1. The molecule has 0 bridgehead atoms. The maximum Gasteiger partial charge on any atom is 0.311 e. The first-order valence-electron chi connectivity index (χ1n) is 6.52. The third-order valence-corrected chi connectivity index (χ3v) is 2.95. The first-order valence-corrected chi connectivity index (χ1v) is 6.52. The van der Waals surface area contributed by atoms with Crippen LogP contribution in [0.5, 0.6) is 5.75 Å². The van der Waals surface area contributed by atoms with Crippen molar-refractivity contribution in [2.75, 3.05) is 19.8 Å². The van der Waals surface area contributed by atoms with Crippen molar-refractivity contribution >= 4 is 11.6 Å². The number of nitro benzene ring substituents is 1. The Morgan fingerprint density at radius 3 is 2.76 bits per heavy atom. The quantitative estimate of drug-likeness (QED) is 0.623. The van der Waals surface area contributed by atoms with Gasteiger partial charge in [0, 0.05) is 18.1 Å². The number of amides is 1. The van der Waals surface area contributed by atoms with Gasteiger partial charge in [0.25, 0.3) is 0 Å². The highest BCUT2D eigenvalue weighted by Crippen LogP contribution is 2.28. The monoisotopic (exact) mass is 296 g/mol. The van der Waals surface area contributed by atoms with Crippen LogP contribution in [0.3, 0.4) is 0 Å². The van der Waals surface area contributed by atoms with Crippen molar-refractivity contribution in [3.05, 3.63) is 33.9 Å². The van der Waals surface area contributed by atoms with Gasteiger partial charge in [-0.15, -0.1) is 0 Å². The standard InChI is InChI=1S/C13H16N2O6/c14-13(16)9-2-3-11(10(8-9)15(17)18)19-7-4-12-20-5-1-6-21-12/h2-3,8,12H,1,4-7H2,(H2,14,16). The van der Waals surface area contributed by atoms with E-state index in [1.165, 1.54) is 12.1 Å². The molecule has 0 aromatic heterocycles. The van der Waals surface area contributed by atoms with Gasteiger partial charge in [-0.1, -0.05) is 0 Å². The summed E-state index contributed by atoms with van der Waals surface area (Å²) in [5, 5.41) is 11.0. The highest BCUT2D eigenvalue weighted by Gasteiger charge is 2.19. The molecule has 1 heterocycles. The van der Waals surface area contributed by atoms with Crippen LogP contribution in [0.2, 0.25) is 0 Å². The van der Waals surface area contributed by atoms with E-state index in [4.69, 9.17) is 19.9 Å². The van der Waals surface area contributed by atoms with Crippen molar-refractivity contribution in [3.63, 3.8) is 0 Å². The third-order valence-electron chi connectivity index (χ3n) is 2.95. The molecule has 1 amide bonds. The van der Waals surface area contributed by atoms with Crippen LogP contribution in [0.1, 0.15) is 23.2 Å². The molecule has 1 saturated heterocycles. The molecule has 0 radical (unpaired) electrons. The van der Waals surface area contributed by atoms with Crippen LogP contribution >= 0.6 is 0 Å². The molecule has 8 nitrogen and oxygen atoms in total. The van der Waals surface area contributed by atoms with Gasteiger partial charge in [0.2, 0.25) is 5.91 Å². The van der Waals surface area contributed by atoms with E-state index < -0.39 is 10.8 Å². The third kappa shape index (κ3) is 4.14. The number of carbonyl (C=O) groups excluding carboxylic acids is 1. The Bertz CT molecular complexity index is 527. The number of hydrogen-bond acceptors (Lipinski definition) is 6. The highest BCUT2D eigenvalue weighted by atomic mass is 16.7. The van der Waals surface area contributed by atoms with Crippen molar-refractivity contribution in [1.29, 1.82) is 0 Å². The van der Waals surface area contributed by atoms with E-state index in [9.17, 15) is 14.9 Å². The second kappa shape index (κ2) is 7.00. The Kier molecular flexibility index (Phi) is 5.07. The van der Waals surface area contributed by atoms with E-state index >= 15 is 0 Å². The fraction of sp³-hybridized carbons (Fsp3) is 0.462. The lowest BCUT2D eigenvalue weighted by atomic mass is 10.2. The van der Waals surface area contributed by atoms with Crippen LogP contribution in [0.15, 0.2) is 18.2 Å². The lowest BCUT2D eigenvalue weighted by Crippen LogP contribution is -2.26. The van der Waals surface area contributed by atoms with E-state index in [-0.39, 0.29) is 29.9 Å². The van der Waals surface area contributed by atoms with Crippen molar-refractivity contribution in [1.82, 2.24) is 0 Å². The molecule has 1 aliphatic rings. The average molecular weight is 296 g/mol. The summed E-state index contributed by atoms with van der Waals surface area (Å²) >= 11 is 0. The maximum absolute atomic E-state index is 11.0. The topological polar surface area (TPSA) is 114 Å². The van der Waals surface area contributed by atoms with Crippen molar-refractivity contribution in [3.8, 4) is 5.75 Å². The van der Waals surface area contributed by atoms with Gasteiger partial charge >= 0.3 is 5.69 Å². The number of hydrogen-bond donors (Lipinski definition) is 1. The van der Waals surface area contributed by atoms with Gasteiger partial charge in [0.15, 0.2) is 12.0 Å². The Balaban J connectivity index is 1.98. The van der Waals surface area contributed by atoms with E-state index in [2.05, 4.69) is 0 Å². The van der Waals surface area contributed by atoms with E-state index in [1.54, 1.807) is 0 Å².